The highest BCUT2D eigenvalue weighted by molar-refractivity contribution is 6.35. The van der Waals surface area contributed by atoms with Gasteiger partial charge in [-0.3, -0.25) is 20.2 Å². The van der Waals surface area contributed by atoms with Crippen molar-refractivity contribution in [3.8, 4) is 6.01 Å². The van der Waals surface area contributed by atoms with E-state index in [4.69, 9.17) is 27.9 Å². The van der Waals surface area contributed by atoms with E-state index in [-0.39, 0.29) is 22.9 Å². The molecule has 1 heterocycles. The zero-order chi connectivity index (χ0) is 20.5. The third kappa shape index (κ3) is 4.09. The quantitative estimate of drug-likeness (QED) is 0.548. The monoisotopic (exact) mass is 427 g/mol. The van der Waals surface area contributed by atoms with Gasteiger partial charge in [0, 0.05) is 6.07 Å². The van der Waals surface area contributed by atoms with Crippen LogP contribution in [0.4, 0.5) is 36.1 Å². The number of ether oxygens (including phenoxy) is 1. The Labute approximate surface area is 157 Å². The first kappa shape index (κ1) is 20.4. The van der Waals surface area contributed by atoms with E-state index in [9.17, 15) is 33.4 Å². The SMILES string of the molecule is COc1ncc(Cl)c(Nc2c([N+](=O)[O-])cc(C(F)(F)F)c(Cl)c2[N+](=O)[O-])n1. The van der Waals surface area contributed by atoms with E-state index < -0.39 is 43.7 Å². The molecule has 2 rings (SSSR count). The van der Waals surface area contributed by atoms with E-state index in [1.54, 1.807) is 0 Å². The second kappa shape index (κ2) is 7.36. The van der Waals surface area contributed by atoms with Crippen LogP contribution in [0.2, 0.25) is 10.0 Å². The largest absolute Gasteiger partial charge is 0.467 e. The van der Waals surface area contributed by atoms with Crippen LogP contribution in [0.15, 0.2) is 12.3 Å². The topological polar surface area (TPSA) is 133 Å². The smallest absolute Gasteiger partial charge is 0.418 e. The first-order valence-corrected chi connectivity index (χ1v) is 7.29. The Hall–Kier alpha value is -2.93. The lowest BCUT2D eigenvalue weighted by Gasteiger charge is -2.13. The minimum atomic E-state index is -5.17. The van der Waals surface area contributed by atoms with Crippen LogP contribution in [0.25, 0.3) is 0 Å². The van der Waals surface area contributed by atoms with Gasteiger partial charge in [-0.2, -0.15) is 18.2 Å². The van der Waals surface area contributed by atoms with Crippen molar-refractivity contribution in [2.24, 2.45) is 0 Å². The standard InChI is InChI=1S/C12H6Cl2F3N5O5/c1-27-11-18-3-5(13)10(20-11)19-8-6(21(23)24)2-4(12(15,16)17)7(14)9(8)22(25)26/h2-3H,1H3,(H,18,19,20). The van der Waals surface area contributed by atoms with Gasteiger partial charge in [0.25, 0.3) is 0 Å². The second-order valence-electron chi connectivity index (χ2n) is 4.67. The highest BCUT2D eigenvalue weighted by Gasteiger charge is 2.42. The van der Waals surface area contributed by atoms with Crippen molar-refractivity contribution in [1.82, 2.24) is 9.97 Å². The molecule has 1 aromatic carbocycles. The van der Waals surface area contributed by atoms with Gasteiger partial charge >= 0.3 is 23.6 Å². The van der Waals surface area contributed by atoms with Crippen LogP contribution in [0.5, 0.6) is 6.01 Å². The normalized spacial score (nSPS) is 11.2. The number of anilines is 2. The first-order chi connectivity index (χ1) is 12.5. The summed E-state index contributed by atoms with van der Waals surface area (Å²) in [5, 5.41) is 23.1. The maximum Gasteiger partial charge on any atom is 0.418 e. The molecule has 144 valence electrons. The Morgan fingerprint density at radius 3 is 2.33 bits per heavy atom. The molecule has 0 saturated carbocycles. The van der Waals surface area contributed by atoms with E-state index >= 15 is 0 Å². The van der Waals surface area contributed by atoms with E-state index in [0.29, 0.717) is 0 Å². The molecule has 0 aliphatic heterocycles. The van der Waals surface area contributed by atoms with Gasteiger partial charge in [0.1, 0.15) is 10.0 Å². The molecule has 0 bridgehead atoms. The number of nitrogens with zero attached hydrogens (tertiary/aromatic N) is 4. The number of alkyl halides is 3. The Morgan fingerprint density at radius 2 is 1.85 bits per heavy atom. The zero-order valence-electron chi connectivity index (χ0n) is 12.9. The first-order valence-electron chi connectivity index (χ1n) is 6.53. The Balaban J connectivity index is 2.80. The van der Waals surface area contributed by atoms with Crippen molar-refractivity contribution in [2.75, 3.05) is 12.4 Å². The predicted octanol–water partition coefficient (Wildman–Crippen LogP) is 4.37. The molecule has 0 spiro atoms. The van der Waals surface area contributed by atoms with Gasteiger partial charge in [0.15, 0.2) is 11.5 Å². The lowest BCUT2D eigenvalue weighted by molar-refractivity contribution is -0.392. The highest BCUT2D eigenvalue weighted by atomic mass is 35.5. The van der Waals surface area contributed by atoms with E-state index in [1.165, 1.54) is 7.11 Å². The molecule has 15 heteroatoms. The summed E-state index contributed by atoms with van der Waals surface area (Å²) in [6.45, 7) is 0. The number of halogens is 5. The van der Waals surface area contributed by atoms with Gasteiger partial charge in [-0.1, -0.05) is 23.2 Å². The van der Waals surface area contributed by atoms with Gasteiger partial charge in [-0.15, -0.1) is 0 Å². The lowest BCUT2D eigenvalue weighted by atomic mass is 10.1. The van der Waals surface area contributed by atoms with Gasteiger partial charge in [0.05, 0.1) is 28.7 Å². The minimum Gasteiger partial charge on any atom is -0.467 e. The number of benzene rings is 1. The fraction of sp³-hybridized carbons (Fsp3) is 0.167. The summed E-state index contributed by atoms with van der Waals surface area (Å²) in [5.74, 6) is -0.384. The molecule has 0 unspecified atom stereocenters. The molecule has 0 radical (unpaired) electrons. The van der Waals surface area contributed by atoms with Crippen LogP contribution in [-0.2, 0) is 6.18 Å². The molecule has 0 fully saturated rings. The number of hydrogen-bond donors (Lipinski definition) is 1. The second-order valence-corrected chi connectivity index (χ2v) is 5.46. The molecule has 1 N–H and O–H groups in total. The summed E-state index contributed by atoms with van der Waals surface area (Å²) in [6, 6.07) is -0.186. The van der Waals surface area contributed by atoms with Gasteiger partial charge in [-0.25, -0.2) is 4.98 Å². The van der Waals surface area contributed by atoms with Gasteiger partial charge < -0.3 is 10.1 Å². The van der Waals surface area contributed by atoms with Crippen molar-refractivity contribution < 1.29 is 27.8 Å². The number of hydrogen-bond acceptors (Lipinski definition) is 8. The van der Waals surface area contributed by atoms with Crippen LogP contribution in [-0.4, -0.2) is 26.9 Å². The minimum absolute atomic E-state index is 0.0734. The van der Waals surface area contributed by atoms with Crippen LogP contribution in [0.1, 0.15) is 5.56 Å². The number of methoxy groups -OCH3 is 1. The maximum atomic E-state index is 13.0. The third-order valence-electron chi connectivity index (χ3n) is 3.05. The molecule has 2 aromatic rings. The molecule has 0 aliphatic carbocycles. The van der Waals surface area contributed by atoms with E-state index in [2.05, 4.69) is 15.3 Å². The molecule has 27 heavy (non-hydrogen) atoms. The van der Waals surface area contributed by atoms with Crippen molar-refractivity contribution in [3.05, 3.63) is 48.1 Å². The average Bonchev–Trinajstić information content (AvgIpc) is 2.55. The maximum absolute atomic E-state index is 13.0. The van der Waals surface area contributed by atoms with Gasteiger partial charge in [0.2, 0.25) is 0 Å². The molecule has 0 aliphatic rings. The molecule has 0 saturated heterocycles. The highest BCUT2D eigenvalue weighted by Crippen LogP contribution is 2.48. The Kier molecular flexibility index (Phi) is 5.56. The van der Waals surface area contributed by atoms with Crippen molar-refractivity contribution in [1.29, 1.82) is 0 Å². The molecule has 0 amide bonds. The molecule has 10 nitrogen and oxygen atoms in total. The molecule has 0 atom stereocenters. The summed E-state index contributed by atoms with van der Waals surface area (Å²) in [5.41, 5.74) is -5.30. The van der Waals surface area contributed by atoms with Crippen molar-refractivity contribution in [2.45, 2.75) is 6.18 Å². The van der Waals surface area contributed by atoms with Crippen molar-refractivity contribution in [3.63, 3.8) is 0 Å². The summed E-state index contributed by atoms with van der Waals surface area (Å²) in [6.07, 6.45) is -4.15. The number of rotatable bonds is 5. The molecular weight excluding hydrogens is 422 g/mol. The molecular formula is C12H6Cl2F3N5O5. The number of aromatic nitrogens is 2. The fourth-order valence-electron chi connectivity index (χ4n) is 1.93. The van der Waals surface area contributed by atoms with E-state index in [0.717, 1.165) is 6.20 Å². The third-order valence-corrected chi connectivity index (χ3v) is 3.71. The number of nitro benzene ring substituents is 2. The van der Waals surface area contributed by atoms with Crippen LogP contribution in [0.3, 0.4) is 0 Å². The summed E-state index contributed by atoms with van der Waals surface area (Å²) >= 11 is 11.3. The molecule has 1 aromatic heterocycles. The lowest BCUT2D eigenvalue weighted by Crippen LogP contribution is -2.11. The number of nitrogens with one attached hydrogen (secondary N) is 1. The van der Waals surface area contributed by atoms with Gasteiger partial charge in [-0.05, 0) is 0 Å². The van der Waals surface area contributed by atoms with Crippen LogP contribution < -0.4 is 10.1 Å². The zero-order valence-corrected chi connectivity index (χ0v) is 14.4. The van der Waals surface area contributed by atoms with Crippen LogP contribution in [0, 0.1) is 20.2 Å². The van der Waals surface area contributed by atoms with Crippen LogP contribution >= 0.6 is 23.2 Å². The summed E-state index contributed by atoms with van der Waals surface area (Å²) < 4.78 is 43.9. The number of nitro groups is 2. The summed E-state index contributed by atoms with van der Waals surface area (Å²) in [4.78, 5) is 27.3. The van der Waals surface area contributed by atoms with E-state index in [1.807, 2.05) is 0 Å². The Bertz CT molecular complexity index is 941. The predicted molar refractivity (Wildman–Crippen MR) is 86.6 cm³/mol. The van der Waals surface area contributed by atoms with Crippen molar-refractivity contribution >= 4 is 46.1 Å². The average molecular weight is 428 g/mol. The Morgan fingerprint density at radius 1 is 1.22 bits per heavy atom. The summed E-state index contributed by atoms with van der Waals surface area (Å²) in [7, 11) is 1.19. The fourth-order valence-corrected chi connectivity index (χ4v) is 2.39.